The first-order valence-electron chi connectivity index (χ1n) is 8.14. The lowest BCUT2D eigenvalue weighted by atomic mass is 9.94. The van der Waals surface area contributed by atoms with Crippen LogP contribution >= 0.6 is 0 Å². The highest BCUT2D eigenvalue weighted by atomic mass is 15.4. The Bertz CT molecular complexity index is 453. The van der Waals surface area contributed by atoms with Crippen LogP contribution in [-0.4, -0.2) is 35.6 Å². The smallest absolute Gasteiger partial charge is 0.106 e. The summed E-state index contributed by atoms with van der Waals surface area (Å²) in [4.78, 5) is 8.96. The van der Waals surface area contributed by atoms with E-state index in [4.69, 9.17) is 0 Å². The lowest BCUT2D eigenvalue weighted by molar-refractivity contribution is 0.220. The molecule has 0 N–H and O–H groups in total. The third-order valence-electron chi connectivity index (χ3n) is 4.33. The zero-order valence-corrected chi connectivity index (χ0v) is 13.8. The predicted octanol–water partition coefficient (Wildman–Crippen LogP) is 4.16. The lowest BCUT2D eigenvalue weighted by Gasteiger charge is -2.35. The van der Waals surface area contributed by atoms with Gasteiger partial charge in [-0.15, -0.1) is 0 Å². The Balaban J connectivity index is 2.35. The van der Waals surface area contributed by atoms with Gasteiger partial charge >= 0.3 is 0 Å². The molecule has 1 aliphatic carbocycles. The maximum absolute atomic E-state index is 4.38. The van der Waals surface area contributed by atoms with Crippen LogP contribution in [0.3, 0.4) is 0 Å². The molecule has 1 saturated carbocycles. The molecule has 3 heteroatoms. The first-order valence-corrected chi connectivity index (χ1v) is 8.14. The van der Waals surface area contributed by atoms with Gasteiger partial charge in [0.1, 0.15) is 5.82 Å². The zero-order chi connectivity index (χ0) is 15.4. The maximum atomic E-state index is 4.38. The third-order valence-corrected chi connectivity index (χ3v) is 4.33. The molecule has 1 aliphatic heterocycles. The second-order valence-electron chi connectivity index (χ2n) is 6.44. The summed E-state index contributed by atoms with van der Waals surface area (Å²) in [6.45, 7) is 13.9. The van der Waals surface area contributed by atoms with Gasteiger partial charge in [0.05, 0.1) is 11.4 Å². The number of nitrogens with zero attached hydrogens (tertiary/aromatic N) is 3. The van der Waals surface area contributed by atoms with Crippen molar-refractivity contribution in [1.29, 1.82) is 0 Å². The summed E-state index contributed by atoms with van der Waals surface area (Å²) in [6.07, 6.45) is 10.4. The maximum Gasteiger partial charge on any atom is 0.106 e. The van der Waals surface area contributed by atoms with Crippen LogP contribution in [0.15, 0.2) is 41.4 Å². The van der Waals surface area contributed by atoms with E-state index in [1.807, 2.05) is 19.3 Å². The summed E-state index contributed by atoms with van der Waals surface area (Å²) >= 11 is 0. The minimum Gasteiger partial charge on any atom is -0.325 e. The number of hydrogen-bond acceptors (Lipinski definition) is 3. The quantitative estimate of drug-likeness (QED) is 0.707. The highest BCUT2D eigenvalue weighted by molar-refractivity contribution is 5.81. The Morgan fingerprint density at radius 3 is 2.43 bits per heavy atom. The molecule has 0 amide bonds. The summed E-state index contributed by atoms with van der Waals surface area (Å²) in [5, 5.41) is 0. The van der Waals surface area contributed by atoms with Crippen LogP contribution in [0.25, 0.3) is 0 Å². The average molecular weight is 287 g/mol. The second-order valence-corrected chi connectivity index (χ2v) is 6.44. The van der Waals surface area contributed by atoms with Gasteiger partial charge < -0.3 is 9.80 Å². The van der Waals surface area contributed by atoms with Crippen LogP contribution in [0.2, 0.25) is 0 Å². The van der Waals surface area contributed by atoms with E-state index in [9.17, 15) is 0 Å². The van der Waals surface area contributed by atoms with E-state index in [-0.39, 0.29) is 0 Å². The minimum absolute atomic E-state index is 0.566. The SMILES string of the molecule is C=CC1=C(C=NC)N(CC(C)C)C(=C)N1C1CCCCC1. The number of aliphatic imine (C=N–C) groups is 1. The summed E-state index contributed by atoms with van der Waals surface area (Å²) in [5.41, 5.74) is 2.33. The highest BCUT2D eigenvalue weighted by Crippen LogP contribution is 2.37. The van der Waals surface area contributed by atoms with Crippen LogP contribution in [0, 0.1) is 5.92 Å². The van der Waals surface area contributed by atoms with Gasteiger partial charge in [0.25, 0.3) is 0 Å². The number of hydrogen-bond donors (Lipinski definition) is 0. The van der Waals surface area contributed by atoms with Gasteiger partial charge in [-0.2, -0.15) is 0 Å². The molecule has 0 aromatic carbocycles. The van der Waals surface area contributed by atoms with Crippen LogP contribution in [0.4, 0.5) is 0 Å². The van der Waals surface area contributed by atoms with Crippen molar-refractivity contribution in [1.82, 2.24) is 9.80 Å². The Morgan fingerprint density at radius 1 is 1.24 bits per heavy atom. The Hall–Kier alpha value is -1.51. The van der Waals surface area contributed by atoms with E-state index in [0.717, 1.165) is 18.1 Å². The summed E-state index contributed by atoms with van der Waals surface area (Å²) < 4.78 is 0. The fourth-order valence-electron chi connectivity index (χ4n) is 3.45. The summed E-state index contributed by atoms with van der Waals surface area (Å²) in [6, 6.07) is 0.566. The Labute approximate surface area is 129 Å². The van der Waals surface area contributed by atoms with Crippen LogP contribution in [0.1, 0.15) is 46.0 Å². The molecule has 21 heavy (non-hydrogen) atoms. The van der Waals surface area contributed by atoms with E-state index in [1.54, 1.807) is 0 Å². The van der Waals surface area contributed by atoms with Crippen molar-refractivity contribution in [2.75, 3.05) is 13.6 Å². The molecular formula is C18H29N3. The van der Waals surface area contributed by atoms with Crippen molar-refractivity contribution in [3.63, 3.8) is 0 Å². The molecule has 0 unspecified atom stereocenters. The molecular weight excluding hydrogens is 258 g/mol. The average Bonchev–Trinajstić information content (AvgIpc) is 2.73. The highest BCUT2D eigenvalue weighted by Gasteiger charge is 2.35. The number of rotatable bonds is 5. The molecule has 3 nitrogen and oxygen atoms in total. The fourth-order valence-corrected chi connectivity index (χ4v) is 3.45. The van der Waals surface area contributed by atoms with E-state index < -0.39 is 0 Å². The van der Waals surface area contributed by atoms with Gasteiger partial charge in [0.2, 0.25) is 0 Å². The van der Waals surface area contributed by atoms with Gasteiger partial charge in [-0.1, -0.05) is 46.3 Å². The monoisotopic (exact) mass is 287 g/mol. The van der Waals surface area contributed by atoms with Gasteiger partial charge in [-0.25, -0.2) is 0 Å². The molecule has 0 radical (unpaired) electrons. The van der Waals surface area contributed by atoms with Crippen LogP contribution in [-0.2, 0) is 0 Å². The van der Waals surface area contributed by atoms with Crippen molar-refractivity contribution in [2.45, 2.75) is 52.0 Å². The standard InChI is InChI=1S/C18H29N3/c1-6-17-18(12-19-5)20(13-14(2)3)15(4)21(17)16-10-8-7-9-11-16/h6,12,14,16H,1,4,7-11,13H2,2-3,5H3. The molecule has 0 aromatic heterocycles. The molecule has 0 spiro atoms. The van der Waals surface area contributed by atoms with E-state index >= 15 is 0 Å². The first kappa shape index (κ1) is 15.9. The fraction of sp³-hybridized carbons (Fsp3) is 0.611. The van der Waals surface area contributed by atoms with Gasteiger partial charge in [0.15, 0.2) is 0 Å². The molecule has 0 aromatic rings. The molecule has 0 atom stereocenters. The van der Waals surface area contributed by atoms with Crippen molar-refractivity contribution >= 4 is 6.21 Å². The third kappa shape index (κ3) is 3.22. The molecule has 1 fully saturated rings. The van der Waals surface area contributed by atoms with Crippen molar-refractivity contribution in [2.24, 2.45) is 10.9 Å². The molecule has 116 valence electrons. The van der Waals surface area contributed by atoms with Crippen LogP contribution < -0.4 is 0 Å². The molecule has 1 heterocycles. The van der Waals surface area contributed by atoms with Gasteiger partial charge in [-0.05, 0) is 24.8 Å². The van der Waals surface area contributed by atoms with Crippen molar-refractivity contribution in [3.05, 3.63) is 36.4 Å². The predicted molar refractivity (Wildman–Crippen MR) is 91.0 cm³/mol. The normalized spacial score (nSPS) is 21.2. The van der Waals surface area contributed by atoms with Gasteiger partial charge in [-0.3, -0.25) is 4.99 Å². The lowest BCUT2D eigenvalue weighted by Crippen LogP contribution is -2.36. The zero-order valence-electron chi connectivity index (χ0n) is 13.8. The molecule has 2 rings (SSSR count). The molecule has 2 aliphatic rings. The number of allylic oxidation sites excluding steroid dienone is 2. The second kappa shape index (κ2) is 6.97. The van der Waals surface area contributed by atoms with E-state index in [0.29, 0.717) is 12.0 Å². The summed E-state index contributed by atoms with van der Waals surface area (Å²) in [5.74, 6) is 1.68. The summed E-state index contributed by atoms with van der Waals surface area (Å²) in [7, 11) is 1.83. The van der Waals surface area contributed by atoms with Gasteiger partial charge in [0, 0.05) is 25.8 Å². The van der Waals surface area contributed by atoms with Crippen molar-refractivity contribution in [3.8, 4) is 0 Å². The topological polar surface area (TPSA) is 18.8 Å². The van der Waals surface area contributed by atoms with Crippen LogP contribution in [0.5, 0.6) is 0 Å². The Kier molecular flexibility index (Phi) is 5.27. The largest absolute Gasteiger partial charge is 0.325 e. The van der Waals surface area contributed by atoms with E-state index in [2.05, 4.69) is 41.8 Å². The van der Waals surface area contributed by atoms with Crippen molar-refractivity contribution < 1.29 is 0 Å². The Morgan fingerprint density at radius 2 is 1.90 bits per heavy atom. The first-order chi connectivity index (χ1) is 10.1. The molecule has 0 bridgehead atoms. The minimum atomic E-state index is 0.566. The van der Waals surface area contributed by atoms with E-state index in [1.165, 1.54) is 37.8 Å². The molecule has 0 saturated heterocycles.